The monoisotopic (exact) mass is 525 g/mol. The number of benzene rings is 1. The Hall–Kier alpha value is -1.96. The number of unbranched alkanes of at least 4 members (excludes halogenated alkanes) is 2. The molecule has 4 nitrogen and oxygen atoms in total. The highest BCUT2D eigenvalue weighted by atomic mass is 32.2. The van der Waals surface area contributed by atoms with Crippen molar-refractivity contribution < 1.29 is 18.7 Å². The molecular weight excluding hydrogens is 493 g/mol. The summed E-state index contributed by atoms with van der Waals surface area (Å²) in [5, 5.41) is 9.13. The van der Waals surface area contributed by atoms with Crippen LogP contribution >= 0.6 is 24.0 Å². The number of hydrogen-bond acceptors (Lipinski definition) is 5. The fourth-order valence-electron chi connectivity index (χ4n) is 7.32. The topological polar surface area (TPSA) is 53.7 Å². The summed E-state index contributed by atoms with van der Waals surface area (Å²) in [6, 6.07) is 8.58. The summed E-state index contributed by atoms with van der Waals surface area (Å²) < 4.78 is 20.8. The van der Waals surface area contributed by atoms with Crippen molar-refractivity contribution in [1.29, 1.82) is 0 Å². The van der Waals surface area contributed by atoms with E-state index < -0.39 is 0 Å². The van der Waals surface area contributed by atoms with E-state index in [-0.39, 0.29) is 24.4 Å². The Balaban J connectivity index is 1.28. The molecule has 4 saturated carbocycles. The zero-order valence-electron chi connectivity index (χ0n) is 20.3. The van der Waals surface area contributed by atoms with Crippen LogP contribution in [-0.2, 0) is 11.2 Å². The van der Waals surface area contributed by atoms with E-state index in [1.165, 1.54) is 56.0 Å². The number of thioether (sulfide) groups is 1. The summed E-state index contributed by atoms with van der Waals surface area (Å²) >= 11 is 7.15. The molecule has 1 aromatic carbocycles. The molecule has 0 spiro atoms. The predicted octanol–water partition coefficient (Wildman–Crippen LogP) is 6.82. The van der Waals surface area contributed by atoms with Crippen LogP contribution in [0.4, 0.5) is 4.39 Å². The Morgan fingerprint density at radius 3 is 2.53 bits per heavy atom. The first-order chi connectivity index (χ1) is 17.5. The van der Waals surface area contributed by atoms with Crippen molar-refractivity contribution in [3.05, 3.63) is 52.4 Å². The summed E-state index contributed by atoms with van der Waals surface area (Å²) in [7, 11) is 0. The highest BCUT2D eigenvalue weighted by Gasteiger charge is 2.53. The third-order valence-electron chi connectivity index (χ3n) is 8.62. The van der Waals surface area contributed by atoms with Gasteiger partial charge in [0, 0.05) is 24.3 Å². The number of thiocarbonyl (C=S) groups is 1. The van der Waals surface area contributed by atoms with Gasteiger partial charge in [0.25, 0.3) is 5.91 Å². The van der Waals surface area contributed by atoms with Crippen molar-refractivity contribution in [2.75, 3.05) is 6.61 Å². The van der Waals surface area contributed by atoms with Crippen molar-refractivity contribution in [2.24, 2.45) is 23.7 Å². The highest BCUT2D eigenvalue weighted by Crippen LogP contribution is 2.56. The minimum atomic E-state index is -0.313. The molecule has 4 bridgehead atoms. The van der Waals surface area contributed by atoms with E-state index in [4.69, 9.17) is 21.7 Å². The number of halogens is 1. The van der Waals surface area contributed by atoms with Gasteiger partial charge in [-0.2, -0.15) is 0 Å². The third-order valence-corrected chi connectivity index (χ3v) is 9.95. The van der Waals surface area contributed by atoms with Crippen LogP contribution in [0, 0.1) is 29.5 Å². The molecule has 1 N–H and O–H groups in total. The maximum absolute atomic E-state index is 13.9. The van der Waals surface area contributed by atoms with E-state index in [0.717, 1.165) is 43.1 Å². The number of amides is 1. The summed E-state index contributed by atoms with van der Waals surface area (Å²) in [4.78, 5) is 16.3. The molecule has 190 valence electrons. The molecule has 1 aromatic heterocycles. The second kappa shape index (κ2) is 10.1. The van der Waals surface area contributed by atoms with E-state index in [1.54, 1.807) is 6.07 Å². The lowest BCUT2D eigenvalue weighted by Gasteiger charge is -2.56. The Kier molecular flexibility index (Phi) is 6.82. The molecule has 5 fully saturated rings. The Labute approximate surface area is 221 Å². The number of aliphatic hydroxyl groups excluding tert-OH is 1. The lowest BCUT2D eigenvalue weighted by Crippen LogP contribution is -2.57. The molecule has 7 heteroatoms. The van der Waals surface area contributed by atoms with Crippen molar-refractivity contribution in [2.45, 2.75) is 63.8 Å². The summed E-state index contributed by atoms with van der Waals surface area (Å²) in [5.41, 5.74) is 1.67. The minimum absolute atomic E-state index is 0.0115. The van der Waals surface area contributed by atoms with Crippen molar-refractivity contribution >= 4 is 40.3 Å². The number of hydrogen-bond donors (Lipinski definition) is 1. The van der Waals surface area contributed by atoms with Crippen molar-refractivity contribution in [3.63, 3.8) is 0 Å². The predicted molar refractivity (Wildman–Crippen MR) is 145 cm³/mol. The molecule has 2 heterocycles. The van der Waals surface area contributed by atoms with Crippen LogP contribution < -0.4 is 0 Å². The van der Waals surface area contributed by atoms with Gasteiger partial charge < -0.3 is 9.52 Å². The first-order valence-electron chi connectivity index (χ1n) is 13.3. The van der Waals surface area contributed by atoms with Gasteiger partial charge in [0.05, 0.1) is 4.91 Å². The van der Waals surface area contributed by atoms with Gasteiger partial charge in [-0.15, -0.1) is 0 Å². The van der Waals surface area contributed by atoms with Gasteiger partial charge in [-0.05, 0) is 98.8 Å². The minimum Gasteiger partial charge on any atom is -0.456 e. The molecule has 0 radical (unpaired) electrons. The fraction of sp³-hybridized carbons (Fsp3) is 0.517. The fourth-order valence-corrected chi connectivity index (χ4v) is 8.64. The summed E-state index contributed by atoms with van der Waals surface area (Å²) in [6.45, 7) is 0.180. The number of aryl methyl sites for hydroxylation is 1. The first-order valence-corrected chi connectivity index (χ1v) is 14.5. The SMILES string of the molecule is O=C1/C(=C/c2oc(-c3cccc(F)c3)cc2CCCCCO)SC(=S)N1C1C2CC3CC(C2)CC1C3. The maximum atomic E-state index is 13.9. The van der Waals surface area contributed by atoms with Crippen molar-refractivity contribution in [3.8, 4) is 11.3 Å². The molecule has 5 aliphatic rings. The second-order valence-electron chi connectivity index (χ2n) is 11.0. The van der Waals surface area contributed by atoms with Gasteiger partial charge in [0.1, 0.15) is 21.7 Å². The number of rotatable bonds is 8. The first kappa shape index (κ1) is 24.4. The van der Waals surface area contributed by atoms with Gasteiger partial charge >= 0.3 is 0 Å². The maximum Gasteiger partial charge on any atom is 0.266 e. The lowest BCUT2D eigenvalue weighted by molar-refractivity contribution is -0.130. The Morgan fingerprint density at radius 1 is 1.08 bits per heavy atom. The van der Waals surface area contributed by atoms with E-state index in [0.29, 0.717) is 38.1 Å². The van der Waals surface area contributed by atoms with E-state index in [1.807, 2.05) is 23.1 Å². The molecule has 4 aliphatic carbocycles. The second-order valence-corrected chi connectivity index (χ2v) is 12.7. The number of nitrogens with zero attached hydrogens (tertiary/aromatic N) is 1. The molecule has 2 aromatic rings. The van der Waals surface area contributed by atoms with Crippen LogP contribution in [-0.4, -0.2) is 32.9 Å². The Morgan fingerprint density at radius 2 is 1.83 bits per heavy atom. The third kappa shape index (κ3) is 4.59. The highest BCUT2D eigenvalue weighted by molar-refractivity contribution is 8.26. The van der Waals surface area contributed by atoms with Gasteiger partial charge in [0.15, 0.2) is 0 Å². The summed E-state index contributed by atoms with van der Waals surface area (Å²) in [6.07, 6.45) is 11.5. The normalized spacial score (nSPS) is 30.2. The van der Waals surface area contributed by atoms with Gasteiger partial charge in [-0.3, -0.25) is 9.69 Å². The van der Waals surface area contributed by atoms with Crippen LogP contribution in [0.15, 0.2) is 39.7 Å². The van der Waals surface area contributed by atoms with Gasteiger partial charge in [-0.1, -0.05) is 42.5 Å². The molecule has 0 unspecified atom stereocenters. The van der Waals surface area contributed by atoms with E-state index >= 15 is 0 Å². The van der Waals surface area contributed by atoms with Crippen LogP contribution in [0.25, 0.3) is 17.4 Å². The largest absolute Gasteiger partial charge is 0.456 e. The smallest absolute Gasteiger partial charge is 0.266 e. The van der Waals surface area contributed by atoms with Crippen molar-refractivity contribution in [1.82, 2.24) is 4.90 Å². The van der Waals surface area contributed by atoms with Gasteiger partial charge in [0.2, 0.25) is 0 Å². The van der Waals surface area contributed by atoms with E-state index in [2.05, 4.69) is 0 Å². The number of aliphatic hydroxyl groups is 1. The zero-order chi connectivity index (χ0) is 24.8. The van der Waals surface area contributed by atoms with Gasteiger partial charge in [-0.25, -0.2) is 4.39 Å². The average molecular weight is 526 g/mol. The molecule has 7 rings (SSSR count). The van der Waals surface area contributed by atoms with Crippen LogP contribution in [0.5, 0.6) is 0 Å². The molecule has 1 saturated heterocycles. The number of furan rings is 1. The van der Waals surface area contributed by atoms with E-state index in [9.17, 15) is 9.18 Å². The lowest BCUT2D eigenvalue weighted by atomic mass is 9.54. The molecule has 36 heavy (non-hydrogen) atoms. The van der Waals surface area contributed by atoms with Crippen LogP contribution in [0.1, 0.15) is 62.7 Å². The molecule has 1 aliphatic heterocycles. The molecule has 0 atom stereocenters. The quantitative estimate of drug-likeness (QED) is 0.233. The molecular formula is C29H32FNO3S2. The zero-order valence-corrected chi connectivity index (χ0v) is 22.0. The van der Waals surface area contributed by atoms with Crippen LogP contribution in [0.3, 0.4) is 0 Å². The van der Waals surface area contributed by atoms with Crippen LogP contribution in [0.2, 0.25) is 0 Å². The molecule has 1 amide bonds. The number of carbonyl (C=O) groups is 1. The number of carbonyl (C=O) groups excluding carboxylic acids is 1. The standard InChI is InChI=1S/C29H32FNO3S2/c30-23-7-4-6-19(14-23)24-15-20(5-2-1-3-8-32)25(34-24)16-26-28(33)31(29(35)36-26)27-21-10-17-9-18(12-21)13-22(27)11-17/h4,6-7,14-18,21-22,27,32H,1-3,5,8-13H2/b26-16-. The Bertz CT molecular complexity index is 1180. The average Bonchev–Trinajstić information content (AvgIpc) is 3.37. The summed E-state index contributed by atoms with van der Waals surface area (Å²) in [5.74, 6) is 3.77.